The van der Waals surface area contributed by atoms with E-state index in [1.807, 2.05) is 0 Å². The van der Waals surface area contributed by atoms with E-state index >= 15 is 0 Å². The number of anilines is 1. The first kappa shape index (κ1) is 19.7. The molecule has 0 spiro atoms. The number of amides is 1. The Labute approximate surface area is 150 Å². The number of hydrogen-bond donors (Lipinski definition) is 2. The Bertz CT molecular complexity index is 822. The lowest BCUT2D eigenvalue weighted by atomic mass is 9.95. The van der Waals surface area contributed by atoms with Crippen molar-refractivity contribution in [2.45, 2.75) is 18.5 Å². The van der Waals surface area contributed by atoms with Crippen LogP contribution in [0.4, 0.5) is 23.2 Å². The van der Waals surface area contributed by atoms with Crippen molar-refractivity contribution in [1.29, 1.82) is 0 Å². The van der Waals surface area contributed by atoms with Crippen LogP contribution < -0.4 is 5.32 Å². The second kappa shape index (κ2) is 7.74. The SMILES string of the molecule is O=C(CC(C(=O)O)c1ccc(F)cc1)Nc1cc(C(F)(F)F)ccc1Cl. The molecule has 4 nitrogen and oxygen atoms in total. The summed E-state index contributed by atoms with van der Waals surface area (Å²) in [6.45, 7) is 0. The van der Waals surface area contributed by atoms with Gasteiger partial charge in [0.1, 0.15) is 5.82 Å². The van der Waals surface area contributed by atoms with Crippen molar-refractivity contribution in [3.8, 4) is 0 Å². The van der Waals surface area contributed by atoms with Crippen LogP contribution in [0.25, 0.3) is 0 Å². The molecule has 0 aliphatic rings. The molecule has 1 unspecified atom stereocenters. The van der Waals surface area contributed by atoms with Crippen LogP contribution in [0, 0.1) is 5.82 Å². The van der Waals surface area contributed by atoms with Crippen LogP contribution in [0.1, 0.15) is 23.5 Å². The number of rotatable bonds is 5. The van der Waals surface area contributed by atoms with E-state index in [1.54, 1.807) is 0 Å². The maximum Gasteiger partial charge on any atom is 0.416 e. The lowest BCUT2D eigenvalue weighted by Gasteiger charge is -2.15. The molecule has 138 valence electrons. The lowest BCUT2D eigenvalue weighted by molar-refractivity contribution is -0.140. The Morgan fingerprint density at radius 1 is 1.12 bits per heavy atom. The summed E-state index contributed by atoms with van der Waals surface area (Å²) in [5.74, 6) is -4.04. The van der Waals surface area contributed by atoms with Gasteiger partial charge in [0.25, 0.3) is 0 Å². The van der Waals surface area contributed by atoms with Gasteiger partial charge in [0.15, 0.2) is 0 Å². The number of carbonyl (C=O) groups excluding carboxylic acids is 1. The molecule has 0 bridgehead atoms. The Kier molecular flexibility index (Phi) is 5.86. The van der Waals surface area contributed by atoms with Crippen LogP contribution in [-0.4, -0.2) is 17.0 Å². The van der Waals surface area contributed by atoms with Gasteiger partial charge in [-0.3, -0.25) is 9.59 Å². The minimum atomic E-state index is -4.62. The van der Waals surface area contributed by atoms with Gasteiger partial charge in [-0.2, -0.15) is 13.2 Å². The van der Waals surface area contributed by atoms with Gasteiger partial charge in [-0.15, -0.1) is 0 Å². The Hall–Kier alpha value is -2.61. The molecule has 0 aliphatic heterocycles. The summed E-state index contributed by atoms with van der Waals surface area (Å²) in [7, 11) is 0. The zero-order chi connectivity index (χ0) is 19.5. The van der Waals surface area contributed by atoms with Crippen molar-refractivity contribution in [3.63, 3.8) is 0 Å². The second-order valence-corrected chi connectivity index (χ2v) is 5.79. The fraction of sp³-hybridized carbons (Fsp3) is 0.176. The summed E-state index contributed by atoms with van der Waals surface area (Å²) in [5.41, 5.74) is -1.11. The predicted molar refractivity (Wildman–Crippen MR) is 86.5 cm³/mol. The quantitative estimate of drug-likeness (QED) is 0.729. The molecule has 26 heavy (non-hydrogen) atoms. The minimum Gasteiger partial charge on any atom is -0.481 e. The summed E-state index contributed by atoms with van der Waals surface area (Å²) in [6, 6.07) is 6.94. The second-order valence-electron chi connectivity index (χ2n) is 5.39. The maximum atomic E-state index is 12.9. The molecular weight excluding hydrogens is 378 g/mol. The van der Waals surface area contributed by atoms with E-state index in [4.69, 9.17) is 11.6 Å². The fourth-order valence-corrected chi connectivity index (χ4v) is 2.39. The van der Waals surface area contributed by atoms with E-state index in [0.29, 0.717) is 6.07 Å². The first-order chi connectivity index (χ1) is 12.1. The molecule has 2 aromatic carbocycles. The Morgan fingerprint density at radius 2 is 1.73 bits per heavy atom. The third-order valence-corrected chi connectivity index (χ3v) is 3.86. The summed E-state index contributed by atoms with van der Waals surface area (Å²) < 4.78 is 51.2. The number of carbonyl (C=O) groups is 2. The molecule has 0 radical (unpaired) electrons. The predicted octanol–water partition coefficient (Wildman–Crippen LogP) is 4.69. The van der Waals surface area contributed by atoms with Crippen LogP contribution in [0.3, 0.4) is 0 Å². The normalized spacial score (nSPS) is 12.5. The number of alkyl halides is 3. The van der Waals surface area contributed by atoms with Gasteiger partial charge in [0.2, 0.25) is 5.91 Å². The summed E-state index contributed by atoms with van der Waals surface area (Å²) in [6.07, 6.45) is -5.19. The summed E-state index contributed by atoms with van der Waals surface area (Å²) >= 11 is 5.78. The number of halogens is 5. The molecule has 1 amide bonds. The highest BCUT2D eigenvalue weighted by Crippen LogP contribution is 2.34. The monoisotopic (exact) mass is 389 g/mol. The molecule has 1 atom stereocenters. The fourth-order valence-electron chi connectivity index (χ4n) is 2.23. The third-order valence-electron chi connectivity index (χ3n) is 3.53. The minimum absolute atomic E-state index is 0.125. The number of benzene rings is 2. The van der Waals surface area contributed by atoms with Crippen molar-refractivity contribution < 1.29 is 32.3 Å². The molecule has 9 heteroatoms. The molecule has 0 saturated heterocycles. The standard InChI is InChI=1S/C17H12ClF4NO3/c18-13-6-3-10(17(20,21)22)7-14(13)23-15(24)8-12(16(25)26)9-1-4-11(19)5-2-9/h1-7,12H,8H2,(H,23,24)(H,25,26). The van der Waals surface area contributed by atoms with Gasteiger partial charge in [0, 0.05) is 6.42 Å². The highest BCUT2D eigenvalue weighted by molar-refractivity contribution is 6.33. The number of carboxylic acid groups (broad SMARTS) is 1. The first-order valence-corrected chi connectivity index (χ1v) is 7.60. The molecule has 2 aromatic rings. The molecule has 2 rings (SSSR count). The van der Waals surface area contributed by atoms with E-state index in [9.17, 15) is 32.3 Å². The van der Waals surface area contributed by atoms with Crippen molar-refractivity contribution in [3.05, 3.63) is 64.4 Å². The van der Waals surface area contributed by atoms with Gasteiger partial charge in [-0.25, -0.2) is 4.39 Å². The van der Waals surface area contributed by atoms with E-state index < -0.39 is 41.8 Å². The van der Waals surface area contributed by atoms with Crippen LogP contribution in [0.2, 0.25) is 5.02 Å². The number of nitrogens with one attached hydrogen (secondary N) is 1. The topological polar surface area (TPSA) is 66.4 Å². The maximum absolute atomic E-state index is 12.9. The molecule has 2 N–H and O–H groups in total. The van der Waals surface area contributed by atoms with Crippen molar-refractivity contribution in [2.24, 2.45) is 0 Å². The molecule has 0 heterocycles. The lowest BCUT2D eigenvalue weighted by Crippen LogP contribution is -2.21. The number of carboxylic acids is 1. The van der Waals surface area contributed by atoms with Crippen molar-refractivity contribution in [1.82, 2.24) is 0 Å². The van der Waals surface area contributed by atoms with Gasteiger partial charge in [-0.1, -0.05) is 23.7 Å². The van der Waals surface area contributed by atoms with E-state index in [1.165, 1.54) is 12.1 Å². The highest BCUT2D eigenvalue weighted by Gasteiger charge is 2.31. The van der Waals surface area contributed by atoms with Crippen LogP contribution in [0.15, 0.2) is 42.5 Å². The van der Waals surface area contributed by atoms with E-state index in [-0.39, 0.29) is 16.3 Å². The molecule has 0 saturated carbocycles. The van der Waals surface area contributed by atoms with E-state index in [0.717, 1.165) is 24.3 Å². The Morgan fingerprint density at radius 3 is 2.27 bits per heavy atom. The molecule has 0 aromatic heterocycles. The smallest absolute Gasteiger partial charge is 0.416 e. The third kappa shape index (κ3) is 4.95. The van der Waals surface area contributed by atoms with Crippen molar-refractivity contribution in [2.75, 3.05) is 5.32 Å². The molecule has 0 fully saturated rings. The van der Waals surface area contributed by atoms with Crippen LogP contribution >= 0.6 is 11.6 Å². The molecule has 0 aliphatic carbocycles. The van der Waals surface area contributed by atoms with Gasteiger partial charge < -0.3 is 10.4 Å². The first-order valence-electron chi connectivity index (χ1n) is 7.23. The van der Waals surface area contributed by atoms with Gasteiger partial charge >= 0.3 is 12.1 Å². The average Bonchev–Trinajstić information content (AvgIpc) is 2.54. The van der Waals surface area contributed by atoms with Crippen molar-refractivity contribution >= 4 is 29.2 Å². The van der Waals surface area contributed by atoms with Gasteiger partial charge in [-0.05, 0) is 35.9 Å². The number of aliphatic carboxylic acids is 1. The Balaban J connectivity index is 2.18. The summed E-state index contributed by atoms with van der Waals surface area (Å²) in [5, 5.41) is 11.3. The average molecular weight is 390 g/mol. The largest absolute Gasteiger partial charge is 0.481 e. The van der Waals surface area contributed by atoms with Crippen LogP contribution in [0.5, 0.6) is 0 Å². The zero-order valence-corrected chi connectivity index (χ0v) is 13.7. The summed E-state index contributed by atoms with van der Waals surface area (Å²) in [4.78, 5) is 23.5. The zero-order valence-electron chi connectivity index (χ0n) is 13.0. The van der Waals surface area contributed by atoms with Crippen LogP contribution in [-0.2, 0) is 15.8 Å². The molecular formula is C17H12ClF4NO3. The van der Waals surface area contributed by atoms with Gasteiger partial charge in [0.05, 0.1) is 22.2 Å². The van der Waals surface area contributed by atoms with E-state index in [2.05, 4.69) is 5.32 Å². The number of hydrogen-bond acceptors (Lipinski definition) is 2. The highest BCUT2D eigenvalue weighted by atomic mass is 35.5.